The number of aromatic nitrogens is 4. The topological polar surface area (TPSA) is 304 Å². The van der Waals surface area contributed by atoms with Gasteiger partial charge in [0.15, 0.2) is 11.8 Å². The number of phosphoric ester groups is 1. The quantitative estimate of drug-likeness (QED) is 0.210. The highest BCUT2D eigenvalue weighted by Gasteiger charge is 2.47. The number of nitrogen functional groups attached to an aromatic ring is 1. The summed E-state index contributed by atoms with van der Waals surface area (Å²) in [6.07, 6.45) is -5.34. The third-order valence-electron chi connectivity index (χ3n) is 4.15. The van der Waals surface area contributed by atoms with Crippen LogP contribution in [0.2, 0.25) is 0 Å². The number of rotatable bonds is 8. The number of imidazole rings is 1. The number of ether oxygens (including phenoxy) is 1. The van der Waals surface area contributed by atoms with Crippen LogP contribution in [0.1, 0.15) is 6.23 Å². The molecule has 0 saturated carbocycles. The van der Waals surface area contributed by atoms with Crippen molar-refractivity contribution in [3.63, 3.8) is 0 Å². The van der Waals surface area contributed by atoms with Crippen molar-refractivity contribution in [2.24, 2.45) is 7.05 Å². The van der Waals surface area contributed by atoms with Crippen molar-refractivity contribution in [3.05, 3.63) is 6.33 Å². The number of anilines is 1. The third kappa shape index (κ3) is 5.93. The molecule has 6 atom stereocenters. The van der Waals surface area contributed by atoms with Gasteiger partial charge in [-0.05, 0) is 0 Å². The van der Waals surface area contributed by atoms with E-state index >= 15 is 0 Å². The van der Waals surface area contributed by atoms with Crippen LogP contribution in [0.25, 0.3) is 11.2 Å². The van der Waals surface area contributed by atoms with Gasteiger partial charge in [0, 0.05) is 5.88 Å². The van der Waals surface area contributed by atoms with E-state index < -0.39 is 66.4 Å². The van der Waals surface area contributed by atoms with Crippen LogP contribution in [0.5, 0.6) is 5.88 Å². The molecule has 3 heterocycles. The van der Waals surface area contributed by atoms with Crippen LogP contribution in [0.3, 0.4) is 0 Å². The molecular formula is C11H14N5O14P3-4. The number of aliphatic hydroxyl groups is 2. The van der Waals surface area contributed by atoms with Crippen LogP contribution < -0.4 is 35.0 Å². The Morgan fingerprint density at radius 3 is 2.39 bits per heavy atom. The van der Waals surface area contributed by atoms with Crippen molar-refractivity contribution >= 4 is 40.6 Å². The largest absolute Gasteiger partial charge is 0.856 e. The minimum atomic E-state index is -6.17. The average Bonchev–Trinajstić information content (AvgIpc) is 3.07. The normalized spacial score (nSPS) is 27.5. The summed E-state index contributed by atoms with van der Waals surface area (Å²) in [5.41, 5.74) is 5.34. The molecule has 2 aromatic heterocycles. The Balaban J connectivity index is 1.75. The Morgan fingerprint density at radius 2 is 1.79 bits per heavy atom. The van der Waals surface area contributed by atoms with Crippen LogP contribution in [-0.2, 0) is 38.6 Å². The fraction of sp³-hybridized carbons (Fsp3) is 0.545. The lowest BCUT2D eigenvalue weighted by molar-refractivity contribution is -0.745. The Labute approximate surface area is 183 Å². The molecule has 0 amide bonds. The van der Waals surface area contributed by atoms with Crippen molar-refractivity contribution in [1.29, 1.82) is 0 Å². The molecule has 186 valence electrons. The van der Waals surface area contributed by atoms with Crippen molar-refractivity contribution in [2.45, 2.75) is 24.5 Å². The number of phosphoric acid groups is 3. The van der Waals surface area contributed by atoms with Crippen molar-refractivity contribution < 1.29 is 71.0 Å². The van der Waals surface area contributed by atoms with Gasteiger partial charge < -0.3 is 54.5 Å². The van der Waals surface area contributed by atoms with Crippen molar-refractivity contribution in [2.75, 3.05) is 12.3 Å². The third-order valence-corrected chi connectivity index (χ3v) is 7.82. The second-order valence-corrected chi connectivity index (χ2v) is 10.8. The van der Waals surface area contributed by atoms with E-state index in [2.05, 4.69) is 23.1 Å². The molecule has 3 rings (SSSR count). The summed E-state index contributed by atoms with van der Waals surface area (Å²) in [7, 11) is -16.7. The summed E-state index contributed by atoms with van der Waals surface area (Å²) in [5, 5.41) is 32.5. The monoisotopic (exact) mass is 533 g/mol. The van der Waals surface area contributed by atoms with Crippen molar-refractivity contribution in [3.8, 4) is 5.88 Å². The SMILES string of the molecule is Cn1c[n+]([C@@H]2O[C@H](COP(=O)([O-])OP(=O)([O-])OP(=O)([O-])[O-])C(O)[C@@H]2O)c2nc(N)nc([O-])c21. The lowest BCUT2D eigenvalue weighted by atomic mass is 10.1. The second-order valence-electron chi connectivity index (χ2n) is 6.54. The van der Waals surface area contributed by atoms with Crippen LogP contribution in [0, 0.1) is 0 Å². The highest BCUT2D eigenvalue weighted by atomic mass is 31.3. The van der Waals surface area contributed by atoms with E-state index in [-0.39, 0.29) is 11.2 Å². The van der Waals surface area contributed by atoms with E-state index in [4.69, 9.17) is 10.5 Å². The zero-order chi connectivity index (χ0) is 24.9. The predicted molar refractivity (Wildman–Crippen MR) is 89.4 cm³/mol. The molecule has 0 aromatic carbocycles. The van der Waals surface area contributed by atoms with Gasteiger partial charge >= 0.3 is 5.65 Å². The van der Waals surface area contributed by atoms with Crippen LogP contribution >= 0.6 is 23.5 Å². The molecule has 0 bridgehead atoms. The molecule has 1 aliphatic heterocycles. The van der Waals surface area contributed by atoms with Crippen LogP contribution in [-0.4, -0.2) is 49.7 Å². The van der Waals surface area contributed by atoms with Crippen LogP contribution in [0.4, 0.5) is 5.95 Å². The maximum absolute atomic E-state index is 12.0. The summed E-state index contributed by atoms with van der Waals surface area (Å²) >= 11 is 0. The van der Waals surface area contributed by atoms with Gasteiger partial charge in [-0.15, -0.1) is 0 Å². The molecule has 19 nitrogen and oxygen atoms in total. The zero-order valence-corrected chi connectivity index (χ0v) is 18.8. The van der Waals surface area contributed by atoms with Gasteiger partial charge in [-0.2, -0.15) is 0 Å². The number of fused-ring (bicyclic) bond motifs is 1. The van der Waals surface area contributed by atoms with E-state index in [1.54, 1.807) is 0 Å². The molecule has 22 heteroatoms. The van der Waals surface area contributed by atoms with E-state index in [0.29, 0.717) is 0 Å². The first-order chi connectivity index (χ1) is 15.0. The van der Waals surface area contributed by atoms with Gasteiger partial charge in [-0.1, -0.05) is 4.98 Å². The molecule has 1 fully saturated rings. The molecule has 1 aliphatic rings. The fourth-order valence-electron chi connectivity index (χ4n) is 2.96. The zero-order valence-electron chi connectivity index (χ0n) is 16.1. The van der Waals surface area contributed by atoms with Crippen LogP contribution in [0.15, 0.2) is 6.33 Å². The fourth-order valence-corrected chi connectivity index (χ4v) is 5.82. The van der Waals surface area contributed by atoms with Gasteiger partial charge in [0.05, 0.1) is 21.5 Å². The molecule has 0 spiro atoms. The molecule has 4 N–H and O–H groups in total. The molecule has 33 heavy (non-hydrogen) atoms. The summed E-state index contributed by atoms with van der Waals surface area (Å²) in [5.74, 6) is -1.14. The highest BCUT2D eigenvalue weighted by molar-refractivity contribution is 7.64. The summed E-state index contributed by atoms with van der Waals surface area (Å²) in [6, 6.07) is 0. The van der Waals surface area contributed by atoms with E-state index in [9.17, 15) is 48.6 Å². The first-order valence-corrected chi connectivity index (χ1v) is 12.8. The lowest BCUT2D eigenvalue weighted by Crippen LogP contribution is -2.46. The maximum Gasteiger partial charge on any atom is 0.309 e. The first-order valence-electron chi connectivity index (χ1n) is 8.43. The minimum absolute atomic E-state index is 0.0353. The molecule has 1 saturated heterocycles. The van der Waals surface area contributed by atoms with E-state index in [1.165, 1.54) is 17.9 Å². The molecule has 0 aliphatic carbocycles. The standard InChI is InChI=1S/C11H18N5O14P3/c1-15-3-16(8-5(15)9(19)14-11(12)13-8)10-7(18)6(17)4(28-10)2-27-32(23,24)30-33(25,26)29-31(20,21)22/h3-4,6-7,10,17-18H,2H2,1H3,(H6-,12,13,14,19,20,21,22,23,24,25,26)/p-4/t4-,6?,7+,10-/m1/s1. The number of aliphatic hydroxyl groups excluding tert-OH is 2. The summed E-state index contributed by atoms with van der Waals surface area (Å²) in [4.78, 5) is 50.8. The summed E-state index contributed by atoms with van der Waals surface area (Å²) in [6.45, 7) is -1.13. The van der Waals surface area contributed by atoms with E-state index in [1.807, 2.05) is 0 Å². The smallest absolute Gasteiger partial charge is 0.309 e. The van der Waals surface area contributed by atoms with E-state index in [0.717, 1.165) is 4.57 Å². The maximum atomic E-state index is 12.0. The van der Waals surface area contributed by atoms with Gasteiger partial charge in [0.25, 0.3) is 21.6 Å². The molecule has 2 aromatic rings. The van der Waals surface area contributed by atoms with Gasteiger partial charge in [-0.25, -0.2) is 13.9 Å². The average molecular weight is 533 g/mol. The Hall–Kier alpha value is -1.56. The second kappa shape index (κ2) is 8.90. The van der Waals surface area contributed by atoms with Crippen molar-refractivity contribution in [1.82, 2.24) is 14.5 Å². The lowest BCUT2D eigenvalue weighted by Gasteiger charge is -2.37. The van der Waals surface area contributed by atoms with Gasteiger partial charge in [0.1, 0.15) is 18.3 Å². The minimum Gasteiger partial charge on any atom is -0.856 e. The highest BCUT2D eigenvalue weighted by Crippen LogP contribution is 2.60. The number of hydrogen-bond acceptors (Lipinski definition) is 17. The molecular weight excluding hydrogens is 519 g/mol. The van der Waals surface area contributed by atoms with Gasteiger partial charge in [0.2, 0.25) is 6.23 Å². The molecule has 0 radical (unpaired) electrons. The number of aryl methyl sites for hydroxylation is 1. The number of hydrogen-bond donors (Lipinski definition) is 3. The first kappa shape index (κ1) is 26.1. The Morgan fingerprint density at radius 1 is 1.15 bits per heavy atom. The Bertz CT molecular complexity index is 1200. The Kier molecular flexibility index (Phi) is 7.03. The molecule has 3 unspecified atom stereocenters. The number of nitrogens with two attached hydrogens (primary N) is 1. The predicted octanol–water partition coefficient (Wildman–Crippen LogP) is -5.65. The van der Waals surface area contributed by atoms with Gasteiger partial charge in [-0.3, -0.25) is 18.0 Å². The number of nitrogens with zero attached hydrogens (tertiary/aromatic N) is 4. The summed E-state index contributed by atoms with van der Waals surface area (Å²) < 4.78 is 51.6.